The zero-order chi connectivity index (χ0) is 16.3. The first-order valence-corrected chi connectivity index (χ1v) is 8.24. The molecular formula is C16H28N2O2S. The zero-order valence-corrected chi connectivity index (χ0v) is 14.8. The Morgan fingerprint density at radius 3 is 2.38 bits per heavy atom. The van der Waals surface area contributed by atoms with Crippen LogP contribution in [-0.4, -0.2) is 34.7 Å². The van der Waals surface area contributed by atoms with Crippen LogP contribution in [0.25, 0.3) is 0 Å². The van der Waals surface area contributed by atoms with E-state index in [1.54, 1.807) is 30.1 Å². The lowest BCUT2D eigenvalue weighted by Crippen LogP contribution is -2.49. The van der Waals surface area contributed by atoms with Crippen molar-refractivity contribution in [1.82, 2.24) is 10.2 Å². The van der Waals surface area contributed by atoms with Gasteiger partial charge in [0.25, 0.3) is 0 Å². The number of urea groups is 1. The van der Waals surface area contributed by atoms with Crippen molar-refractivity contribution in [2.24, 2.45) is 5.41 Å². The quantitative estimate of drug-likeness (QED) is 0.872. The summed E-state index contributed by atoms with van der Waals surface area (Å²) in [5.41, 5.74) is -0.970. The molecule has 0 aliphatic rings. The Balaban J connectivity index is 2.86. The molecule has 120 valence electrons. The molecule has 0 aromatic carbocycles. The molecule has 0 saturated heterocycles. The van der Waals surface area contributed by atoms with Gasteiger partial charge in [0.15, 0.2) is 0 Å². The van der Waals surface area contributed by atoms with Crippen molar-refractivity contribution in [3.05, 3.63) is 22.4 Å². The number of likely N-dealkylation sites (N-methyl/N-ethyl adjacent to an activating group) is 1. The fourth-order valence-electron chi connectivity index (χ4n) is 2.18. The molecule has 1 aromatic heterocycles. The molecule has 2 amide bonds. The summed E-state index contributed by atoms with van der Waals surface area (Å²) < 4.78 is 0. The van der Waals surface area contributed by atoms with E-state index in [0.717, 1.165) is 4.88 Å². The number of aliphatic hydroxyl groups is 1. The SMILES string of the molecule is CCN(CC(C)(C)O)C(=O)NC(c1cccs1)C(C)(C)C. The number of hydrogen-bond acceptors (Lipinski definition) is 3. The van der Waals surface area contributed by atoms with Crippen LogP contribution in [0.4, 0.5) is 4.79 Å². The van der Waals surface area contributed by atoms with Crippen molar-refractivity contribution in [2.45, 2.75) is 53.2 Å². The Hall–Kier alpha value is -1.07. The van der Waals surface area contributed by atoms with Crippen LogP contribution in [0.15, 0.2) is 17.5 Å². The van der Waals surface area contributed by atoms with Gasteiger partial charge in [-0.05, 0) is 37.6 Å². The highest BCUT2D eigenvalue weighted by Gasteiger charge is 2.31. The first kappa shape index (κ1) is 18.0. The van der Waals surface area contributed by atoms with E-state index in [1.807, 2.05) is 24.4 Å². The van der Waals surface area contributed by atoms with E-state index in [-0.39, 0.29) is 17.5 Å². The van der Waals surface area contributed by atoms with Gasteiger partial charge in [-0.15, -0.1) is 11.3 Å². The summed E-state index contributed by atoms with van der Waals surface area (Å²) in [6.07, 6.45) is 0. The third-order valence-electron chi connectivity index (χ3n) is 3.21. The minimum absolute atomic E-state index is 0.0409. The highest BCUT2D eigenvalue weighted by molar-refractivity contribution is 7.10. The number of nitrogens with zero attached hydrogens (tertiary/aromatic N) is 1. The first-order valence-electron chi connectivity index (χ1n) is 7.36. The van der Waals surface area contributed by atoms with Gasteiger partial charge in [-0.1, -0.05) is 26.8 Å². The largest absolute Gasteiger partial charge is 0.389 e. The summed E-state index contributed by atoms with van der Waals surface area (Å²) in [5.74, 6) is 0. The Labute approximate surface area is 132 Å². The highest BCUT2D eigenvalue weighted by Crippen LogP contribution is 2.35. The van der Waals surface area contributed by atoms with E-state index in [2.05, 4.69) is 26.1 Å². The number of thiophene rings is 1. The van der Waals surface area contributed by atoms with Crippen LogP contribution in [0.3, 0.4) is 0 Å². The van der Waals surface area contributed by atoms with E-state index < -0.39 is 5.60 Å². The van der Waals surface area contributed by atoms with Crippen LogP contribution >= 0.6 is 11.3 Å². The Bertz CT molecular complexity index is 444. The van der Waals surface area contributed by atoms with Crippen molar-refractivity contribution in [2.75, 3.05) is 13.1 Å². The number of nitrogens with one attached hydrogen (secondary N) is 1. The topological polar surface area (TPSA) is 52.6 Å². The number of hydrogen-bond donors (Lipinski definition) is 2. The molecule has 1 aromatic rings. The third kappa shape index (κ3) is 5.67. The van der Waals surface area contributed by atoms with E-state index in [4.69, 9.17) is 0 Å². The second-order valence-electron chi connectivity index (χ2n) is 7.09. The fraction of sp³-hybridized carbons (Fsp3) is 0.688. The highest BCUT2D eigenvalue weighted by atomic mass is 32.1. The normalized spacial score (nSPS) is 13.9. The molecule has 1 rings (SSSR count). The predicted octanol–water partition coefficient (Wildman–Crippen LogP) is 3.64. The second-order valence-corrected chi connectivity index (χ2v) is 8.07. The van der Waals surface area contributed by atoms with E-state index >= 15 is 0 Å². The molecule has 0 bridgehead atoms. The van der Waals surface area contributed by atoms with Gasteiger partial charge < -0.3 is 15.3 Å². The summed E-state index contributed by atoms with van der Waals surface area (Å²) in [7, 11) is 0. The van der Waals surface area contributed by atoms with Gasteiger partial charge in [0.05, 0.1) is 18.2 Å². The average Bonchev–Trinajstić information content (AvgIpc) is 2.83. The predicted molar refractivity (Wildman–Crippen MR) is 88.6 cm³/mol. The van der Waals surface area contributed by atoms with Gasteiger partial charge in [-0.2, -0.15) is 0 Å². The van der Waals surface area contributed by atoms with Crippen molar-refractivity contribution in [3.8, 4) is 0 Å². The van der Waals surface area contributed by atoms with Crippen LogP contribution in [0.5, 0.6) is 0 Å². The summed E-state index contributed by atoms with van der Waals surface area (Å²) >= 11 is 1.65. The Kier molecular flexibility index (Phi) is 5.82. The lowest BCUT2D eigenvalue weighted by Gasteiger charge is -2.34. The summed E-state index contributed by atoms with van der Waals surface area (Å²) in [4.78, 5) is 15.3. The number of amides is 2. The molecule has 0 aliphatic carbocycles. The maximum Gasteiger partial charge on any atom is 0.318 e. The summed E-state index contributed by atoms with van der Waals surface area (Å²) in [6, 6.07) is 3.88. The maximum absolute atomic E-state index is 12.5. The molecule has 1 heterocycles. The van der Waals surface area contributed by atoms with Crippen LogP contribution < -0.4 is 5.32 Å². The number of carbonyl (C=O) groups excluding carboxylic acids is 1. The zero-order valence-electron chi connectivity index (χ0n) is 13.9. The minimum atomic E-state index is -0.895. The number of rotatable bonds is 5. The number of carbonyl (C=O) groups is 1. The summed E-state index contributed by atoms with van der Waals surface area (Å²) in [5, 5.41) is 15.1. The molecule has 2 N–H and O–H groups in total. The lowest BCUT2D eigenvalue weighted by atomic mass is 9.86. The molecule has 5 heteroatoms. The smallest absolute Gasteiger partial charge is 0.318 e. The van der Waals surface area contributed by atoms with Crippen molar-refractivity contribution < 1.29 is 9.90 Å². The minimum Gasteiger partial charge on any atom is -0.389 e. The van der Waals surface area contributed by atoms with Gasteiger partial charge in [-0.3, -0.25) is 0 Å². The molecule has 0 radical (unpaired) electrons. The van der Waals surface area contributed by atoms with Gasteiger partial charge in [0.2, 0.25) is 0 Å². The molecule has 1 unspecified atom stereocenters. The molecule has 0 spiro atoms. The molecule has 4 nitrogen and oxygen atoms in total. The molecule has 21 heavy (non-hydrogen) atoms. The van der Waals surface area contributed by atoms with Crippen molar-refractivity contribution in [3.63, 3.8) is 0 Å². The third-order valence-corrected chi connectivity index (χ3v) is 4.15. The van der Waals surface area contributed by atoms with Crippen LogP contribution in [0, 0.1) is 5.41 Å². The summed E-state index contributed by atoms with van der Waals surface area (Å²) in [6.45, 7) is 12.6. The Morgan fingerprint density at radius 1 is 1.38 bits per heavy atom. The van der Waals surface area contributed by atoms with Crippen LogP contribution in [0.1, 0.15) is 52.5 Å². The van der Waals surface area contributed by atoms with Crippen molar-refractivity contribution in [1.29, 1.82) is 0 Å². The first-order chi connectivity index (χ1) is 9.54. The average molecular weight is 312 g/mol. The van der Waals surface area contributed by atoms with Crippen molar-refractivity contribution >= 4 is 17.4 Å². The monoisotopic (exact) mass is 312 g/mol. The van der Waals surface area contributed by atoms with Crippen LogP contribution in [-0.2, 0) is 0 Å². The molecule has 0 aliphatic heterocycles. The standard InChI is InChI=1S/C16H28N2O2S/c1-7-18(11-16(5,6)20)14(19)17-13(15(2,3)4)12-9-8-10-21-12/h8-10,13,20H,7,11H2,1-6H3,(H,17,19). The Morgan fingerprint density at radius 2 is 2.00 bits per heavy atom. The lowest BCUT2D eigenvalue weighted by molar-refractivity contribution is 0.0468. The van der Waals surface area contributed by atoms with Gasteiger partial charge in [0, 0.05) is 11.4 Å². The van der Waals surface area contributed by atoms with Gasteiger partial charge >= 0.3 is 6.03 Å². The molecule has 0 saturated carbocycles. The maximum atomic E-state index is 12.5. The van der Waals surface area contributed by atoms with E-state index in [1.165, 1.54) is 0 Å². The molecule has 1 atom stereocenters. The molecule has 0 fully saturated rings. The van der Waals surface area contributed by atoms with Gasteiger partial charge in [0.1, 0.15) is 0 Å². The van der Waals surface area contributed by atoms with E-state index in [0.29, 0.717) is 13.1 Å². The molecular weight excluding hydrogens is 284 g/mol. The second kappa shape index (κ2) is 6.79. The van der Waals surface area contributed by atoms with E-state index in [9.17, 15) is 9.90 Å². The van der Waals surface area contributed by atoms with Crippen LogP contribution in [0.2, 0.25) is 0 Å². The van der Waals surface area contributed by atoms with Gasteiger partial charge in [-0.25, -0.2) is 4.79 Å². The fourth-order valence-corrected chi connectivity index (χ4v) is 3.20.